The number of hydrogen-bond donors (Lipinski definition) is 1. The zero-order chi connectivity index (χ0) is 15.4. The molecule has 0 atom stereocenters. The molecular weight excluding hydrogens is 266 g/mol. The van der Waals surface area contributed by atoms with E-state index < -0.39 is 0 Å². The molecule has 21 heavy (non-hydrogen) atoms. The second-order valence-corrected chi connectivity index (χ2v) is 5.35. The highest BCUT2D eigenvalue weighted by Gasteiger charge is 2.12. The molecule has 5 heteroatoms. The molecular formula is C16H21N3O2. The Morgan fingerprint density at radius 3 is 2.67 bits per heavy atom. The SMILES string of the molecule is Cc1cc(=O)c(O)c(CN(C)CCc2ccncc2)n1C. The topological polar surface area (TPSA) is 58.4 Å². The maximum absolute atomic E-state index is 11.7. The van der Waals surface area contributed by atoms with Crippen LogP contribution in [0, 0.1) is 6.92 Å². The van der Waals surface area contributed by atoms with Crippen molar-refractivity contribution in [1.29, 1.82) is 0 Å². The third-order valence-electron chi connectivity index (χ3n) is 3.73. The standard InChI is InChI=1S/C16H21N3O2/c1-12-10-15(20)16(21)14(19(12)3)11-18(2)9-6-13-4-7-17-8-5-13/h4-5,7-8,10,21H,6,9,11H2,1-3H3. The van der Waals surface area contributed by atoms with Crippen molar-refractivity contribution >= 4 is 0 Å². The summed E-state index contributed by atoms with van der Waals surface area (Å²) in [5, 5.41) is 9.97. The van der Waals surface area contributed by atoms with E-state index in [0.29, 0.717) is 12.2 Å². The van der Waals surface area contributed by atoms with Gasteiger partial charge < -0.3 is 14.6 Å². The lowest BCUT2D eigenvalue weighted by Gasteiger charge is -2.20. The molecule has 0 saturated heterocycles. The fourth-order valence-corrected chi connectivity index (χ4v) is 2.25. The number of likely N-dealkylation sites (N-methyl/N-ethyl adjacent to an activating group) is 1. The third kappa shape index (κ3) is 3.70. The molecule has 1 N–H and O–H groups in total. The predicted octanol–water partition coefficient (Wildman–Crippen LogP) is 1.47. The van der Waals surface area contributed by atoms with Crippen molar-refractivity contribution in [2.75, 3.05) is 13.6 Å². The van der Waals surface area contributed by atoms with Gasteiger partial charge in [-0.25, -0.2) is 0 Å². The Labute approximate surface area is 124 Å². The van der Waals surface area contributed by atoms with Crippen LogP contribution in [0.4, 0.5) is 0 Å². The molecule has 2 rings (SSSR count). The van der Waals surface area contributed by atoms with Gasteiger partial charge in [-0.15, -0.1) is 0 Å². The van der Waals surface area contributed by atoms with Crippen LogP contribution in [0.5, 0.6) is 5.75 Å². The summed E-state index contributed by atoms with van der Waals surface area (Å²) in [6, 6.07) is 5.44. The average molecular weight is 287 g/mol. The molecule has 2 heterocycles. The van der Waals surface area contributed by atoms with Crippen molar-refractivity contribution in [1.82, 2.24) is 14.5 Å². The summed E-state index contributed by atoms with van der Waals surface area (Å²) >= 11 is 0. The van der Waals surface area contributed by atoms with Crippen molar-refractivity contribution in [2.24, 2.45) is 7.05 Å². The number of hydrogen-bond acceptors (Lipinski definition) is 4. The number of rotatable bonds is 5. The molecule has 2 aromatic rings. The second kappa shape index (κ2) is 6.54. The van der Waals surface area contributed by atoms with E-state index >= 15 is 0 Å². The third-order valence-corrected chi connectivity index (χ3v) is 3.73. The molecule has 0 bridgehead atoms. The van der Waals surface area contributed by atoms with Gasteiger partial charge in [-0.3, -0.25) is 9.78 Å². The highest BCUT2D eigenvalue weighted by molar-refractivity contribution is 5.29. The highest BCUT2D eigenvalue weighted by Crippen LogP contribution is 2.15. The second-order valence-electron chi connectivity index (χ2n) is 5.35. The van der Waals surface area contributed by atoms with Crippen LogP contribution >= 0.6 is 0 Å². The van der Waals surface area contributed by atoms with Gasteiger partial charge in [-0.1, -0.05) is 0 Å². The van der Waals surface area contributed by atoms with Gasteiger partial charge >= 0.3 is 0 Å². The van der Waals surface area contributed by atoms with Crippen LogP contribution in [0.3, 0.4) is 0 Å². The van der Waals surface area contributed by atoms with Crippen molar-refractivity contribution < 1.29 is 5.11 Å². The van der Waals surface area contributed by atoms with Crippen molar-refractivity contribution in [3.63, 3.8) is 0 Å². The van der Waals surface area contributed by atoms with Crippen molar-refractivity contribution in [2.45, 2.75) is 19.9 Å². The predicted molar refractivity (Wildman–Crippen MR) is 82.4 cm³/mol. The van der Waals surface area contributed by atoms with E-state index in [0.717, 1.165) is 18.7 Å². The molecule has 0 radical (unpaired) electrons. The normalized spacial score (nSPS) is 11.0. The van der Waals surface area contributed by atoms with E-state index in [-0.39, 0.29) is 11.2 Å². The monoisotopic (exact) mass is 287 g/mol. The molecule has 0 saturated carbocycles. The van der Waals surface area contributed by atoms with Gasteiger partial charge in [0.15, 0.2) is 5.75 Å². The van der Waals surface area contributed by atoms with Gasteiger partial charge in [0.25, 0.3) is 0 Å². The Morgan fingerprint density at radius 2 is 2.00 bits per heavy atom. The number of nitrogens with zero attached hydrogens (tertiary/aromatic N) is 3. The van der Waals surface area contributed by atoms with Gasteiger partial charge in [-0.2, -0.15) is 0 Å². The van der Waals surface area contributed by atoms with Crippen LogP contribution in [0.2, 0.25) is 0 Å². The molecule has 0 aliphatic rings. The molecule has 0 fully saturated rings. The van der Waals surface area contributed by atoms with Gasteiger partial charge in [0.05, 0.1) is 5.69 Å². The van der Waals surface area contributed by atoms with E-state index in [1.165, 1.54) is 11.6 Å². The van der Waals surface area contributed by atoms with Crippen LogP contribution in [0.25, 0.3) is 0 Å². The Bertz CT molecular complexity index is 665. The Kier molecular flexibility index (Phi) is 4.75. The molecule has 0 aromatic carbocycles. The lowest BCUT2D eigenvalue weighted by molar-refractivity contribution is 0.312. The number of aromatic nitrogens is 2. The van der Waals surface area contributed by atoms with Crippen LogP contribution in [0.15, 0.2) is 35.4 Å². The molecule has 5 nitrogen and oxygen atoms in total. The first-order valence-corrected chi connectivity index (χ1v) is 6.95. The molecule has 112 valence electrons. The van der Waals surface area contributed by atoms with E-state index in [2.05, 4.69) is 9.88 Å². The van der Waals surface area contributed by atoms with E-state index in [1.807, 2.05) is 37.7 Å². The Morgan fingerprint density at radius 1 is 1.33 bits per heavy atom. The summed E-state index contributed by atoms with van der Waals surface area (Å²) in [6.45, 7) is 3.23. The Hall–Kier alpha value is -2.14. The van der Waals surface area contributed by atoms with Crippen LogP contribution in [-0.4, -0.2) is 33.1 Å². The minimum Gasteiger partial charge on any atom is -0.503 e. The fourth-order valence-electron chi connectivity index (χ4n) is 2.25. The van der Waals surface area contributed by atoms with E-state index in [1.54, 1.807) is 12.4 Å². The summed E-state index contributed by atoms with van der Waals surface area (Å²) in [5.74, 6) is -0.154. The summed E-state index contributed by atoms with van der Waals surface area (Å²) in [4.78, 5) is 17.8. The van der Waals surface area contributed by atoms with Gasteiger partial charge in [-0.05, 0) is 38.1 Å². The number of aryl methyl sites for hydroxylation is 1. The summed E-state index contributed by atoms with van der Waals surface area (Å²) < 4.78 is 1.86. The quantitative estimate of drug-likeness (QED) is 0.904. The molecule has 2 aromatic heterocycles. The average Bonchev–Trinajstić information content (AvgIpc) is 2.48. The maximum atomic E-state index is 11.7. The van der Waals surface area contributed by atoms with Gasteiger partial charge in [0.1, 0.15) is 0 Å². The maximum Gasteiger partial charge on any atom is 0.223 e. The van der Waals surface area contributed by atoms with Crippen LogP contribution in [0.1, 0.15) is 17.0 Å². The summed E-state index contributed by atoms with van der Waals surface area (Å²) in [6.07, 6.45) is 4.47. The summed E-state index contributed by atoms with van der Waals surface area (Å²) in [5.41, 5.74) is 2.40. The molecule has 0 aliphatic heterocycles. The molecule has 0 spiro atoms. The summed E-state index contributed by atoms with van der Waals surface area (Å²) in [7, 11) is 3.84. The van der Waals surface area contributed by atoms with Crippen LogP contribution in [-0.2, 0) is 20.0 Å². The van der Waals surface area contributed by atoms with Gasteiger partial charge in [0, 0.05) is 44.3 Å². The zero-order valence-corrected chi connectivity index (χ0v) is 12.7. The highest BCUT2D eigenvalue weighted by atomic mass is 16.3. The Balaban J connectivity index is 2.06. The first-order valence-electron chi connectivity index (χ1n) is 6.95. The first-order chi connectivity index (χ1) is 9.99. The minimum atomic E-state index is -0.317. The fraction of sp³-hybridized carbons (Fsp3) is 0.375. The molecule has 0 amide bonds. The molecule has 0 aliphatic carbocycles. The lowest BCUT2D eigenvalue weighted by atomic mass is 10.2. The number of pyridine rings is 2. The minimum absolute atomic E-state index is 0.154. The van der Waals surface area contributed by atoms with Crippen molar-refractivity contribution in [3.05, 3.63) is 57.8 Å². The zero-order valence-electron chi connectivity index (χ0n) is 12.7. The number of aromatic hydroxyl groups is 1. The van der Waals surface area contributed by atoms with Crippen LogP contribution < -0.4 is 5.43 Å². The van der Waals surface area contributed by atoms with E-state index in [9.17, 15) is 9.90 Å². The first kappa shape index (κ1) is 15.3. The molecule has 0 unspecified atom stereocenters. The lowest BCUT2D eigenvalue weighted by Crippen LogP contribution is -2.25. The van der Waals surface area contributed by atoms with E-state index in [4.69, 9.17) is 0 Å². The van der Waals surface area contributed by atoms with Gasteiger partial charge in [0.2, 0.25) is 5.43 Å². The van der Waals surface area contributed by atoms with Crippen molar-refractivity contribution in [3.8, 4) is 5.75 Å². The largest absolute Gasteiger partial charge is 0.503 e. The smallest absolute Gasteiger partial charge is 0.223 e.